The topological polar surface area (TPSA) is 164 Å². The van der Waals surface area contributed by atoms with Crippen molar-refractivity contribution in [1.29, 1.82) is 5.26 Å². The SMILES string of the molecule is N#CC(NCCN)(NCCN)C(=O)ONCCN. The highest BCUT2D eigenvalue weighted by atomic mass is 16.7. The summed E-state index contributed by atoms with van der Waals surface area (Å²) in [5.41, 5.74) is 16.6. The molecule has 0 aromatic carbocycles. The fourth-order valence-electron chi connectivity index (χ4n) is 1.10. The third kappa shape index (κ3) is 5.37. The summed E-state index contributed by atoms with van der Waals surface area (Å²) in [4.78, 5) is 16.6. The van der Waals surface area contributed by atoms with E-state index in [1.807, 2.05) is 6.07 Å². The predicted octanol–water partition coefficient (Wildman–Crippen LogP) is -3.69. The lowest BCUT2D eigenvalue weighted by molar-refractivity contribution is -0.158. The maximum absolute atomic E-state index is 11.8. The second-order valence-corrected chi connectivity index (χ2v) is 3.37. The van der Waals surface area contributed by atoms with E-state index < -0.39 is 11.6 Å². The van der Waals surface area contributed by atoms with Crippen LogP contribution in [0.4, 0.5) is 0 Å². The van der Waals surface area contributed by atoms with Gasteiger partial charge in [0.1, 0.15) is 6.07 Å². The molecule has 0 saturated carbocycles. The highest BCUT2D eigenvalue weighted by Gasteiger charge is 2.39. The Morgan fingerprint density at radius 2 is 1.61 bits per heavy atom. The Labute approximate surface area is 106 Å². The van der Waals surface area contributed by atoms with Gasteiger partial charge in [-0.25, -0.2) is 4.79 Å². The molecule has 0 spiro atoms. The molecule has 18 heavy (non-hydrogen) atoms. The van der Waals surface area contributed by atoms with Crippen LogP contribution in [0.5, 0.6) is 0 Å². The lowest BCUT2D eigenvalue weighted by Gasteiger charge is -2.26. The van der Waals surface area contributed by atoms with Gasteiger partial charge in [-0.05, 0) is 0 Å². The Morgan fingerprint density at radius 1 is 1.11 bits per heavy atom. The number of hydrogen-bond donors (Lipinski definition) is 6. The molecule has 0 saturated heterocycles. The third-order valence-corrected chi connectivity index (χ3v) is 1.95. The lowest BCUT2D eigenvalue weighted by atomic mass is 10.2. The first-order chi connectivity index (χ1) is 8.66. The van der Waals surface area contributed by atoms with E-state index in [2.05, 4.69) is 16.1 Å². The van der Waals surface area contributed by atoms with Gasteiger partial charge in [-0.1, -0.05) is 0 Å². The van der Waals surface area contributed by atoms with Gasteiger partial charge in [-0.15, -0.1) is 0 Å². The number of nitrogens with one attached hydrogen (secondary N) is 3. The fourth-order valence-corrected chi connectivity index (χ4v) is 1.10. The average Bonchev–Trinajstić information content (AvgIpc) is 2.40. The van der Waals surface area contributed by atoms with Crippen LogP contribution in [0.3, 0.4) is 0 Å². The van der Waals surface area contributed by atoms with Crippen LogP contribution in [0.1, 0.15) is 0 Å². The summed E-state index contributed by atoms with van der Waals surface area (Å²) in [5.74, 6) is -0.805. The van der Waals surface area contributed by atoms with Crippen LogP contribution in [0, 0.1) is 11.3 Å². The molecular formula is C9H21N7O2. The zero-order chi connectivity index (χ0) is 13.9. The van der Waals surface area contributed by atoms with Crippen molar-refractivity contribution in [2.75, 3.05) is 39.3 Å². The van der Waals surface area contributed by atoms with Gasteiger partial charge in [0.25, 0.3) is 5.66 Å². The summed E-state index contributed by atoms with van der Waals surface area (Å²) in [5, 5.41) is 14.5. The van der Waals surface area contributed by atoms with E-state index in [9.17, 15) is 4.79 Å². The number of nitrogens with two attached hydrogens (primary N) is 3. The minimum Gasteiger partial charge on any atom is -0.367 e. The maximum Gasteiger partial charge on any atom is 0.375 e. The Hall–Kier alpha value is -1.28. The van der Waals surface area contributed by atoms with Crippen molar-refractivity contribution in [3.8, 4) is 6.07 Å². The van der Waals surface area contributed by atoms with Gasteiger partial charge in [-0.2, -0.15) is 10.7 Å². The molecule has 0 bridgehead atoms. The van der Waals surface area contributed by atoms with E-state index in [0.29, 0.717) is 13.1 Å². The number of hydroxylamine groups is 1. The number of hydrogen-bond acceptors (Lipinski definition) is 9. The van der Waals surface area contributed by atoms with Crippen molar-refractivity contribution < 1.29 is 9.63 Å². The smallest absolute Gasteiger partial charge is 0.367 e. The zero-order valence-corrected chi connectivity index (χ0v) is 10.2. The second-order valence-electron chi connectivity index (χ2n) is 3.37. The van der Waals surface area contributed by atoms with Crippen LogP contribution >= 0.6 is 0 Å². The molecule has 9 nitrogen and oxygen atoms in total. The van der Waals surface area contributed by atoms with Crippen molar-refractivity contribution in [2.24, 2.45) is 17.2 Å². The van der Waals surface area contributed by atoms with Crippen molar-refractivity contribution in [2.45, 2.75) is 5.66 Å². The molecule has 0 aliphatic heterocycles. The van der Waals surface area contributed by atoms with Gasteiger partial charge in [-0.3, -0.25) is 10.6 Å². The number of rotatable bonds is 10. The molecule has 0 aromatic rings. The predicted molar refractivity (Wildman–Crippen MR) is 65.6 cm³/mol. The lowest BCUT2D eigenvalue weighted by Crippen LogP contribution is -2.64. The van der Waals surface area contributed by atoms with Crippen molar-refractivity contribution >= 4 is 5.97 Å². The molecule has 104 valence electrons. The van der Waals surface area contributed by atoms with Crippen LogP contribution in [0.25, 0.3) is 0 Å². The molecule has 0 unspecified atom stereocenters. The zero-order valence-electron chi connectivity index (χ0n) is 10.2. The molecule has 0 fully saturated rings. The van der Waals surface area contributed by atoms with E-state index in [0.717, 1.165) is 0 Å². The van der Waals surface area contributed by atoms with Crippen molar-refractivity contribution in [1.82, 2.24) is 16.1 Å². The first-order valence-electron chi connectivity index (χ1n) is 5.62. The molecule has 9 heteroatoms. The van der Waals surface area contributed by atoms with Crippen LogP contribution < -0.4 is 33.3 Å². The first kappa shape index (κ1) is 16.7. The van der Waals surface area contributed by atoms with E-state index in [4.69, 9.17) is 27.3 Å². The standard InChI is InChI=1S/C9H21N7O2/c10-1-4-14-9(7-13,15-5-2-11)8(17)18-16-6-3-12/h14-16H,1-6,10-12H2. The quantitative estimate of drug-likeness (QED) is 0.132. The van der Waals surface area contributed by atoms with Crippen LogP contribution in [-0.4, -0.2) is 50.9 Å². The Morgan fingerprint density at radius 3 is 2.00 bits per heavy atom. The van der Waals surface area contributed by atoms with Gasteiger partial charge < -0.3 is 22.0 Å². The summed E-state index contributed by atoms with van der Waals surface area (Å²) >= 11 is 0. The number of nitrogens with zero attached hydrogens (tertiary/aromatic N) is 1. The van der Waals surface area contributed by atoms with Gasteiger partial charge in [0.05, 0.1) is 0 Å². The van der Waals surface area contributed by atoms with Gasteiger partial charge in [0.15, 0.2) is 0 Å². The number of carbonyl (C=O) groups excluding carboxylic acids is 1. The van der Waals surface area contributed by atoms with E-state index in [1.54, 1.807) is 0 Å². The average molecular weight is 259 g/mol. The Balaban J connectivity index is 4.59. The second kappa shape index (κ2) is 9.72. The van der Waals surface area contributed by atoms with Crippen molar-refractivity contribution in [3.63, 3.8) is 0 Å². The normalized spacial score (nSPS) is 11.0. The largest absolute Gasteiger partial charge is 0.375 e. The highest BCUT2D eigenvalue weighted by Crippen LogP contribution is 2.01. The molecule has 9 N–H and O–H groups in total. The van der Waals surface area contributed by atoms with Crippen LogP contribution in [-0.2, 0) is 9.63 Å². The summed E-state index contributed by atoms with van der Waals surface area (Å²) in [6.45, 7) is 1.70. The van der Waals surface area contributed by atoms with Crippen LogP contribution in [0.15, 0.2) is 0 Å². The van der Waals surface area contributed by atoms with Crippen LogP contribution in [0.2, 0.25) is 0 Å². The van der Waals surface area contributed by atoms with Gasteiger partial charge in [0.2, 0.25) is 0 Å². The summed E-state index contributed by atoms with van der Waals surface area (Å²) in [6.07, 6.45) is 0. The molecular weight excluding hydrogens is 238 g/mol. The molecule has 0 aromatic heterocycles. The Kier molecular flexibility index (Phi) is 9.03. The van der Waals surface area contributed by atoms with E-state index in [-0.39, 0.29) is 26.2 Å². The molecule has 0 aliphatic carbocycles. The third-order valence-electron chi connectivity index (χ3n) is 1.95. The first-order valence-corrected chi connectivity index (χ1v) is 5.62. The Bertz CT molecular complexity index is 271. The minimum absolute atomic E-state index is 0.275. The number of nitriles is 1. The molecule has 0 radical (unpaired) electrons. The minimum atomic E-state index is -1.67. The molecule has 0 aliphatic rings. The van der Waals surface area contributed by atoms with Gasteiger partial charge >= 0.3 is 5.97 Å². The fraction of sp³-hybridized carbons (Fsp3) is 0.778. The number of carbonyl (C=O) groups is 1. The maximum atomic E-state index is 11.8. The monoisotopic (exact) mass is 259 g/mol. The molecule has 0 amide bonds. The summed E-state index contributed by atoms with van der Waals surface area (Å²) < 4.78 is 0. The highest BCUT2D eigenvalue weighted by molar-refractivity contribution is 5.83. The van der Waals surface area contributed by atoms with E-state index in [1.165, 1.54) is 0 Å². The molecule has 0 atom stereocenters. The summed E-state index contributed by atoms with van der Waals surface area (Å²) in [6, 6.07) is 1.83. The van der Waals surface area contributed by atoms with Gasteiger partial charge in [0, 0.05) is 39.3 Å². The van der Waals surface area contributed by atoms with Crippen molar-refractivity contribution in [3.05, 3.63) is 0 Å². The molecule has 0 rings (SSSR count). The summed E-state index contributed by atoms with van der Waals surface area (Å²) in [7, 11) is 0. The molecule has 0 heterocycles. The van der Waals surface area contributed by atoms with E-state index >= 15 is 0 Å².